The van der Waals surface area contributed by atoms with Crippen LogP contribution < -0.4 is 10.6 Å². The van der Waals surface area contributed by atoms with Gasteiger partial charge in [-0.1, -0.05) is 12.1 Å². The van der Waals surface area contributed by atoms with Crippen molar-refractivity contribution >= 4 is 29.1 Å². The first-order chi connectivity index (χ1) is 15.5. The Labute approximate surface area is 189 Å². The zero-order valence-electron chi connectivity index (χ0n) is 18.3. The second-order valence-corrected chi connectivity index (χ2v) is 7.89. The summed E-state index contributed by atoms with van der Waals surface area (Å²) in [6.07, 6.45) is -4.43. The molecule has 0 bridgehead atoms. The summed E-state index contributed by atoms with van der Waals surface area (Å²) in [6.45, 7) is 4.03. The van der Waals surface area contributed by atoms with E-state index in [1.54, 1.807) is 29.2 Å². The molecule has 0 saturated carbocycles. The molecule has 1 atom stereocenters. The van der Waals surface area contributed by atoms with Gasteiger partial charge in [-0.3, -0.25) is 19.3 Å². The molecule has 3 rings (SSSR count). The molecule has 0 aromatic heterocycles. The van der Waals surface area contributed by atoms with E-state index in [4.69, 9.17) is 0 Å². The van der Waals surface area contributed by atoms with E-state index in [-0.39, 0.29) is 24.3 Å². The van der Waals surface area contributed by atoms with Gasteiger partial charge in [0.05, 0.1) is 18.2 Å². The fraction of sp³-hybridized carbons (Fsp3) is 0.348. The average molecular weight is 462 g/mol. The monoisotopic (exact) mass is 462 g/mol. The van der Waals surface area contributed by atoms with Crippen LogP contribution in [0, 0.1) is 0 Å². The van der Waals surface area contributed by atoms with Crippen molar-refractivity contribution in [2.75, 3.05) is 36.8 Å². The zero-order valence-corrected chi connectivity index (χ0v) is 18.3. The molecular formula is C23H25F3N4O3. The Hall–Kier alpha value is -3.40. The van der Waals surface area contributed by atoms with Gasteiger partial charge in [-0.15, -0.1) is 0 Å². The Morgan fingerprint density at radius 3 is 2.00 bits per heavy atom. The van der Waals surface area contributed by atoms with E-state index in [0.717, 1.165) is 12.1 Å². The lowest BCUT2D eigenvalue weighted by atomic mass is 10.0. The van der Waals surface area contributed by atoms with Crippen molar-refractivity contribution < 1.29 is 27.6 Å². The summed E-state index contributed by atoms with van der Waals surface area (Å²) in [5.74, 6) is -0.632. The van der Waals surface area contributed by atoms with Crippen molar-refractivity contribution in [2.24, 2.45) is 0 Å². The van der Waals surface area contributed by atoms with Gasteiger partial charge in [0.2, 0.25) is 17.7 Å². The molecule has 33 heavy (non-hydrogen) atoms. The second-order valence-electron chi connectivity index (χ2n) is 7.89. The largest absolute Gasteiger partial charge is 0.416 e. The van der Waals surface area contributed by atoms with Crippen molar-refractivity contribution in [3.8, 4) is 0 Å². The van der Waals surface area contributed by atoms with E-state index in [1.807, 2.05) is 4.90 Å². The molecule has 1 heterocycles. The van der Waals surface area contributed by atoms with Crippen LogP contribution in [0.15, 0.2) is 48.5 Å². The first-order valence-corrected chi connectivity index (χ1v) is 10.4. The van der Waals surface area contributed by atoms with Crippen molar-refractivity contribution in [1.82, 2.24) is 9.80 Å². The molecule has 2 aromatic carbocycles. The molecule has 0 radical (unpaired) electrons. The number of amides is 3. The number of halogens is 3. The molecule has 0 aliphatic carbocycles. The van der Waals surface area contributed by atoms with Gasteiger partial charge in [0.1, 0.15) is 0 Å². The van der Waals surface area contributed by atoms with Crippen LogP contribution in [0.5, 0.6) is 0 Å². The van der Waals surface area contributed by atoms with Crippen LogP contribution in [0.4, 0.5) is 24.5 Å². The van der Waals surface area contributed by atoms with Crippen molar-refractivity contribution in [2.45, 2.75) is 26.1 Å². The highest BCUT2D eigenvalue weighted by atomic mass is 19.4. The molecule has 2 N–H and O–H groups in total. The smallest absolute Gasteiger partial charge is 0.333 e. The number of hydrogen-bond acceptors (Lipinski definition) is 4. The Morgan fingerprint density at radius 2 is 1.48 bits per heavy atom. The van der Waals surface area contributed by atoms with Gasteiger partial charge in [0.15, 0.2) is 0 Å². The number of hydrogen-bond donors (Lipinski definition) is 2. The molecule has 0 unspecified atom stereocenters. The van der Waals surface area contributed by atoms with Gasteiger partial charge in [-0.2, -0.15) is 13.2 Å². The molecule has 1 aliphatic heterocycles. The van der Waals surface area contributed by atoms with E-state index >= 15 is 0 Å². The van der Waals surface area contributed by atoms with Gasteiger partial charge >= 0.3 is 6.18 Å². The highest BCUT2D eigenvalue weighted by molar-refractivity contribution is 5.93. The summed E-state index contributed by atoms with van der Waals surface area (Å²) in [5, 5.41) is 5.43. The molecule has 10 heteroatoms. The van der Waals surface area contributed by atoms with Crippen molar-refractivity contribution in [3.05, 3.63) is 59.7 Å². The predicted molar refractivity (Wildman–Crippen MR) is 117 cm³/mol. The van der Waals surface area contributed by atoms with Crippen LogP contribution >= 0.6 is 0 Å². The number of carbonyl (C=O) groups excluding carboxylic acids is 3. The predicted octanol–water partition coefficient (Wildman–Crippen LogP) is 3.51. The van der Waals surface area contributed by atoms with Crippen LogP contribution in [-0.2, 0) is 20.6 Å². The zero-order chi connectivity index (χ0) is 24.2. The normalized spacial score (nSPS) is 16.9. The van der Waals surface area contributed by atoms with E-state index < -0.39 is 17.8 Å². The minimum atomic E-state index is -4.43. The number of anilines is 2. The molecule has 3 amide bonds. The molecule has 176 valence electrons. The van der Waals surface area contributed by atoms with Gasteiger partial charge in [-0.05, 0) is 42.0 Å². The topological polar surface area (TPSA) is 81.8 Å². The maximum atomic E-state index is 12.9. The van der Waals surface area contributed by atoms with Gasteiger partial charge in [0, 0.05) is 44.9 Å². The first-order valence-electron chi connectivity index (χ1n) is 10.4. The lowest BCUT2D eigenvalue weighted by Crippen LogP contribution is -2.51. The second kappa shape index (κ2) is 10.0. The van der Waals surface area contributed by atoms with Crippen LogP contribution in [0.1, 0.15) is 31.0 Å². The summed E-state index contributed by atoms with van der Waals surface area (Å²) in [6, 6.07) is 11.0. The maximum Gasteiger partial charge on any atom is 0.416 e. The van der Waals surface area contributed by atoms with E-state index in [9.17, 15) is 27.6 Å². The number of rotatable bonds is 5. The fourth-order valence-corrected chi connectivity index (χ4v) is 3.78. The third-order valence-corrected chi connectivity index (χ3v) is 5.35. The van der Waals surface area contributed by atoms with Gasteiger partial charge in [-0.25, -0.2) is 0 Å². The summed E-state index contributed by atoms with van der Waals surface area (Å²) in [4.78, 5) is 39.2. The Kier molecular flexibility index (Phi) is 7.37. The van der Waals surface area contributed by atoms with Gasteiger partial charge < -0.3 is 15.5 Å². The minimum Gasteiger partial charge on any atom is -0.333 e. The standard InChI is InChI=1S/C23H25F3N4O3/c1-15(31)27-19-7-9-20(10-8-19)28-22(33)14-29-11-12-30(16(2)32)21(13-29)17-3-5-18(6-4-17)23(24,25)26/h3-10,21H,11-14H2,1-2H3,(H,27,31)(H,28,33)/t21-/m0/s1. The molecule has 2 aromatic rings. The summed E-state index contributed by atoms with van der Waals surface area (Å²) in [7, 11) is 0. The van der Waals surface area contributed by atoms with Crippen LogP contribution in [0.3, 0.4) is 0 Å². The van der Waals surface area contributed by atoms with Crippen molar-refractivity contribution in [3.63, 3.8) is 0 Å². The number of benzene rings is 2. The van der Waals surface area contributed by atoms with E-state index in [0.29, 0.717) is 36.6 Å². The summed E-state index contributed by atoms with van der Waals surface area (Å²) in [5.41, 5.74) is 1.00. The molecule has 1 fully saturated rings. The third kappa shape index (κ3) is 6.55. The van der Waals surface area contributed by atoms with Crippen LogP contribution in [0.25, 0.3) is 0 Å². The minimum absolute atomic E-state index is 0.0658. The molecule has 1 saturated heterocycles. The first kappa shape index (κ1) is 24.2. The lowest BCUT2D eigenvalue weighted by molar-refractivity contribution is -0.138. The molecule has 0 spiro atoms. The summed E-state index contributed by atoms with van der Waals surface area (Å²) < 4.78 is 38.7. The number of piperazine rings is 1. The lowest BCUT2D eigenvalue weighted by Gasteiger charge is -2.41. The molecule has 1 aliphatic rings. The number of nitrogens with one attached hydrogen (secondary N) is 2. The van der Waals surface area contributed by atoms with Crippen LogP contribution in [-0.4, -0.2) is 53.7 Å². The number of alkyl halides is 3. The fourth-order valence-electron chi connectivity index (χ4n) is 3.78. The molecule has 7 nitrogen and oxygen atoms in total. The van der Waals surface area contributed by atoms with E-state index in [2.05, 4.69) is 10.6 Å². The summed E-state index contributed by atoms with van der Waals surface area (Å²) >= 11 is 0. The highest BCUT2D eigenvalue weighted by Crippen LogP contribution is 2.32. The Balaban J connectivity index is 1.65. The van der Waals surface area contributed by atoms with Crippen LogP contribution in [0.2, 0.25) is 0 Å². The average Bonchev–Trinajstić information content (AvgIpc) is 2.74. The Bertz CT molecular complexity index is 1010. The molecular weight excluding hydrogens is 437 g/mol. The Morgan fingerprint density at radius 1 is 0.909 bits per heavy atom. The number of nitrogens with zero attached hydrogens (tertiary/aromatic N) is 2. The number of carbonyl (C=O) groups is 3. The SMILES string of the molecule is CC(=O)Nc1ccc(NC(=O)CN2CCN(C(C)=O)[C@H](c3ccc(C(F)(F)F)cc3)C2)cc1. The highest BCUT2D eigenvalue weighted by Gasteiger charge is 2.33. The van der Waals surface area contributed by atoms with Gasteiger partial charge in [0.25, 0.3) is 0 Å². The van der Waals surface area contributed by atoms with Crippen molar-refractivity contribution in [1.29, 1.82) is 0 Å². The third-order valence-electron chi connectivity index (χ3n) is 5.35. The maximum absolute atomic E-state index is 12.9. The quantitative estimate of drug-likeness (QED) is 0.713. The van der Waals surface area contributed by atoms with E-state index in [1.165, 1.54) is 26.0 Å².